The van der Waals surface area contributed by atoms with Gasteiger partial charge in [0.2, 0.25) is 0 Å². The number of anilines is 1. The highest BCUT2D eigenvalue weighted by atomic mass is 32.2. The van der Waals surface area contributed by atoms with Crippen molar-refractivity contribution in [2.45, 2.75) is 40.0 Å². The van der Waals surface area contributed by atoms with Crippen molar-refractivity contribution in [1.82, 2.24) is 0 Å². The van der Waals surface area contributed by atoms with Crippen LogP contribution in [0.2, 0.25) is 0 Å². The van der Waals surface area contributed by atoms with Crippen LogP contribution < -0.4 is 4.90 Å². The van der Waals surface area contributed by atoms with E-state index in [0.29, 0.717) is 0 Å². The molecular formula is C20H27NOS. The Morgan fingerprint density at radius 1 is 1.04 bits per heavy atom. The summed E-state index contributed by atoms with van der Waals surface area (Å²) in [5.74, 6) is 0. The highest BCUT2D eigenvalue weighted by molar-refractivity contribution is 7.98. The van der Waals surface area contributed by atoms with Gasteiger partial charge in [-0.3, -0.25) is 0 Å². The van der Waals surface area contributed by atoms with Crippen LogP contribution in [0.15, 0.2) is 53.2 Å². The summed E-state index contributed by atoms with van der Waals surface area (Å²) in [6.45, 7) is 8.69. The van der Waals surface area contributed by atoms with Gasteiger partial charge in [0.25, 0.3) is 0 Å². The summed E-state index contributed by atoms with van der Waals surface area (Å²) in [5, 5.41) is 0. The molecule has 0 saturated carbocycles. The van der Waals surface area contributed by atoms with Crippen LogP contribution in [0.3, 0.4) is 0 Å². The predicted octanol–water partition coefficient (Wildman–Crippen LogP) is 6.18. The van der Waals surface area contributed by atoms with Crippen molar-refractivity contribution in [3.63, 3.8) is 0 Å². The molecule has 0 radical (unpaired) electrons. The lowest BCUT2D eigenvalue weighted by Crippen LogP contribution is -2.21. The van der Waals surface area contributed by atoms with Gasteiger partial charge >= 0.3 is 0 Å². The molecule has 0 spiro atoms. The molecular weight excluding hydrogens is 302 g/mol. The molecule has 1 aliphatic heterocycles. The summed E-state index contributed by atoms with van der Waals surface area (Å²) >= 11 is 1.49. The van der Waals surface area contributed by atoms with Gasteiger partial charge in [-0.2, -0.15) is 0 Å². The van der Waals surface area contributed by atoms with Gasteiger partial charge in [0.15, 0.2) is 0 Å². The average molecular weight is 330 g/mol. The van der Waals surface area contributed by atoms with E-state index in [0.717, 1.165) is 19.5 Å². The van der Waals surface area contributed by atoms with E-state index in [1.807, 2.05) is 0 Å². The second-order valence-electron chi connectivity index (χ2n) is 5.56. The fraction of sp³-hybridized carbons (Fsp3) is 0.400. The summed E-state index contributed by atoms with van der Waals surface area (Å²) in [7, 11) is 0. The summed E-state index contributed by atoms with van der Waals surface area (Å²) in [6.07, 6.45) is 11.7. The van der Waals surface area contributed by atoms with Crippen molar-refractivity contribution >= 4 is 23.8 Å². The first-order valence-electron chi connectivity index (χ1n) is 8.54. The van der Waals surface area contributed by atoms with Crippen LogP contribution in [0.25, 0.3) is 6.08 Å². The number of rotatable bonds is 8. The lowest BCUT2D eigenvalue weighted by molar-refractivity contribution is 0.563. The van der Waals surface area contributed by atoms with E-state index in [-0.39, 0.29) is 0 Å². The molecule has 0 saturated heterocycles. The van der Waals surface area contributed by atoms with Crippen molar-refractivity contribution in [3.8, 4) is 0 Å². The van der Waals surface area contributed by atoms with Gasteiger partial charge < -0.3 is 9.08 Å². The standard InChI is InChI=1S/C20H27NOS/c1-4-7-8-20-18(15-16-22-23-20)12-9-17-10-13-19(14-11-17)21(5-2)6-3/h9-16H,4-8H2,1-3H3. The molecule has 0 N–H and O–H groups in total. The first-order valence-corrected chi connectivity index (χ1v) is 9.28. The maximum absolute atomic E-state index is 5.37. The monoisotopic (exact) mass is 329 g/mol. The van der Waals surface area contributed by atoms with Crippen molar-refractivity contribution in [3.05, 3.63) is 58.7 Å². The largest absolute Gasteiger partial charge is 0.429 e. The van der Waals surface area contributed by atoms with E-state index < -0.39 is 0 Å². The Balaban J connectivity index is 2.09. The minimum atomic E-state index is 1.04. The summed E-state index contributed by atoms with van der Waals surface area (Å²) in [5.41, 5.74) is 3.78. The number of nitrogens with zero attached hydrogens (tertiary/aromatic N) is 1. The van der Waals surface area contributed by atoms with E-state index in [1.54, 1.807) is 6.26 Å². The zero-order chi connectivity index (χ0) is 16.5. The molecule has 124 valence electrons. The second kappa shape index (κ2) is 9.51. The summed E-state index contributed by atoms with van der Waals surface area (Å²) in [4.78, 5) is 3.68. The maximum Gasteiger partial charge on any atom is 0.102 e. The first kappa shape index (κ1) is 17.7. The maximum atomic E-state index is 5.37. The SMILES string of the molecule is CCCCC1=C(C=Cc2ccc(N(CC)CC)cc2)C=COS1. The topological polar surface area (TPSA) is 12.5 Å². The highest BCUT2D eigenvalue weighted by Gasteiger charge is 2.08. The Morgan fingerprint density at radius 2 is 1.78 bits per heavy atom. The number of allylic oxidation sites excluding steroid dienone is 4. The van der Waals surface area contributed by atoms with Crippen molar-refractivity contribution < 1.29 is 4.18 Å². The fourth-order valence-electron chi connectivity index (χ4n) is 2.57. The summed E-state index contributed by atoms with van der Waals surface area (Å²) < 4.78 is 5.37. The van der Waals surface area contributed by atoms with Gasteiger partial charge in [-0.1, -0.05) is 37.6 Å². The summed E-state index contributed by atoms with van der Waals surface area (Å²) in [6, 6.07) is 8.78. The molecule has 0 aromatic heterocycles. The fourth-order valence-corrected chi connectivity index (χ4v) is 3.26. The van der Waals surface area contributed by atoms with Gasteiger partial charge in [-0.15, -0.1) is 0 Å². The predicted molar refractivity (Wildman–Crippen MR) is 103 cm³/mol. The van der Waals surface area contributed by atoms with E-state index >= 15 is 0 Å². The van der Waals surface area contributed by atoms with E-state index in [1.165, 1.54) is 46.6 Å². The number of hydrogen-bond acceptors (Lipinski definition) is 3. The Hall–Kier alpha value is -1.61. The van der Waals surface area contributed by atoms with E-state index in [2.05, 4.69) is 68.2 Å². The Bertz CT molecular complexity index is 568. The first-order chi connectivity index (χ1) is 11.3. The van der Waals surface area contributed by atoms with Crippen molar-refractivity contribution in [2.24, 2.45) is 0 Å². The third-order valence-electron chi connectivity index (χ3n) is 4.01. The zero-order valence-corrected chi connectivity index (χ0v) is 15.2. The van der Waals surface area contributed by atoms with E-state index in [4.69, 9.17) is 4.18 Å². The van der Waals surface area contributed by atoms with Crippen LogP contribution in [0.5, 0.6) is 0 Å². The molecule has 1 aromatic carbocycles. The lowest BCUT2D eigenvalue weighted by atomic mass is 10.1. The second-order valence-corrected chi connectivity index (χ2v) is 6.41. The number of unbranched alkanes of at least 4 members (excludes halogenated alkanes) is 1. The van der Waals surface area contributed by atoms with Crippen molar-refractivity contribution in [2.75, 3.05) is 18.0 Å². The lowest BCUT2D eigenvalue weighted by Gasteiger charge is -2.20. The van der Waals surface area contributed by atoms with Gasteiger partial charge in [-0.25, -0.2) is 0 Å². The molecule has 1 aromatic rings. The molecule has 23 heavy (non-hydrogen) atoms. The number of hydrogen-bond donors (Lipinski definition) is 0. The quantitative estimate of drug-likeness (QED) is 0.528. The van der Waals surface area contributed by atoms with Crippen molar-refractivity contribution in [1.29, 1.82) is 0 Å². The van der Waals surface area contributed by atoms with Crippen LogP contribution in [0.4, 0.5) is 5.69 Å². The van der Waals surface area contributed by atoms with Crippen LogP contribution in [-0.2, 0) is 4.18 Å². The van der Waals surface area contributed by atoms with Crippen LogP contribution in [0.1, 0.15) is 45.6 Å². The number of benzene rings is 1. The minimum Gasteiger partial charge on any atom is -0.429 e. The van der Waals surface area contributed by atoms with E-state index in [9.17, 15) is 0 Å². The molecule has 0 atom stereocenters. The van der Waals surface area contributed by atoms with Gasteiger partial charge in [-0.05, 0) is 56.0 Å². The van der Waals surface area contributed by atoms with Crippen LogP contribution in [0, 0.1) is 0 Å². The average Bonchev–Trinajstić information content (AvgIpc) is 2.61. The zero-order valence-electron chi connectivity index (χ0n) is 14.4. The molecule has 0 fully saturated rings. The molecule has 0 unspecified atom stereocenters. The minimum absolute atomic E-state index is 1.04. The normalized spacial score (nSPS) is 14.4. The highest BCUT2D eigenvalue weighted by Crippen LogP contribution is 2.31. The molecule has 0 bridgehead atoms. The molecule has 1 heterocycles. The molecule has 3 heteroatoms. The third kappa shape index (κ3) is 5.21. The molecule has 0 aliphatic carbocycles. The molecule has 2 nitrogen and oxygen atoms in total. The molecule has 0 amide bonds. The Labute approximate surface area is 145 Å². The van der Waals surface area contributed by atoms with Gasteiger partial charge in [0.1, 0.15) is 6.26 Å². The van der Waals surface area contributed by atoms with Crippen LogP contribution >= 0.6 is 12.0 Å². The smallest absolute Gasteiger partial charge is 0.102 e. The van der Waals surface area contributed by atoms with Gasteiger partial charge in [0, 0.05) is 23.7 Å². The third-order valence-corrected chi connectivity index (χ3v) is 4.86. The van der Waals surface area contributed by atoms with Gasteiger partial charge in [0.05, 0.1) is 12.0 Å². The Morgan fingerprint density at radius 3 is 2.43 bits per heavy atom. The molecule has 1 aliphatic rings. The van der Waals surface area contributed by atoms with Crippen LogP contribution in [-0.4, -0.2) is 13.1 Å². The Kier molecular flexibility index (Phi) is 7.34. The molecule has 2 rings (SSSR count).